The van der Waals surface area contributed by atoms with E-state index in [2.05, 4.69) is 10.6 Å². The number of amides is 3. The lowest BCUT2D eigenvalue weighted by atomic mass is 9.76. The molecular weight excluding hydrogens is 362 g/mol. The van der Waals surface area contributed by atoms with Crippen LogP contribution in [-0.4, -0.2) is 60.1 Å². The van der Waals surface area contributed by atoms with Gasteiger partial charge in [0.1, 0.15) is 5.54 Å². The van der Waals surface area contributed by atoms with Crippen molar-refractivity contribution in [3.8, 4) is 0 Å². The number of benzene rings is 1. The fourth-order valence-corrected chi connectivity index (χ4v) is 4.99. The van der Waals surface area contributed by atoms with Crippen LogP contribution in [0.1, 0.15) is 25.0 Å². The van der Waals surface area contributed by atoms with Crippen molar-refractivity contribution >= 4 is 23.4 Å². The molecule has 0 unspecified atom stereocenters. The van der Waals surface area contributed by atoms with E-state index in [1.807, 2.05) is 25.1 Å². The van der Waals surface area contributed by atoms with Crippen LogP contribution < -0.4 is 10.6 Å². The summed E-state index contributed by atoms with van der Waals surface area (Å²) in [5, 5.41) is 16.5. The Kier molecular flexibility index (Phi) is 4.52. The van der Waals surface area contributed by atoms with Crippen molar-refractivity contribution in [3.63, 3.8) is 0 Å². The fourth-order valence-electron chi connectivity index (χ4n) is 4.99. The smallest absolute Gasteiger partial charge is 0.250 e. The molecule has 2 saturated heterocycles. The molecule has 8 nitrogen and oxygen atoms in total. The van der Waals surface area contributed by atoms with Crippen molar-refractivity contribution in [3.05, 3.63) is 29.3 Å². The van der Waals surface area contributed by atoms with Crippen LogP contribution in [0.15, 0.2) is 18.2 Å². The number of ether oxygens (including phenoxy) is 1. The molecule has 3 aliphatic heterocycles. The summed E-state index contributed by atoms with van der Waals surface area (Å²) >= 11 is 0. The van der Waals surface area contributed by atoms with Gasteiger partial charge in [0, 0.05) is 24.4 Å². The number of aliphatic hydroxyl groups is 1. The zero-order valence-corrected chi connectivity index (χ0v) is 16.2. The number of hydrogen-bond donors (Lipinski definition) is 3. The maximum absolute atomic E-state index is 13.3. The van der Waals surface area contributed by atoms with Crippen molar-refractivity contribution < 1.29 is 24.2 Å². The Morgan fingerprint density at radius 1 is 1.29 bits per heavy atom. The second-order valence-corrected chi connectivity index (χ2v) is 7.69. The van der Waals surface area contributed by atoms with E-state index in [1.54, 1.807) is 6.92 Å². The molecule has 5 atom stereocenters. The van der Waals surface area contributed by atoms with Gasteiger partial charge >= 0.3 is 0 Å². The summed E-state index contributed by atoms with van der Waals surface area (Å²) < 4.78 is 5.03. The predicted octanol–water partition coefficient (Wildman–Crippen LogP) is -0.00340. The molecule has 3 amide bonds. The monoisotopic (exact) mass is 387 g/mol. The molecule has 0 radical (unpaired) electrons. The minimum Gasteiger partial charge on any atom is -0.392 e. The van der Waals surface area contributed by atoms with E-state index in [0.717, 1.165) is 12.0 Å². The maximum atomic E-state index is 13.3. The summed E-state index contributed by atoms with van der Waals surface area (Å²) in [5.41, 5.74) is 0.976. The van der Waals surface area contributed by atoms with Gasteiger partial charge in [0.2, 0.25) is 17.7 Å². The summed E-state index contributed by atoms with van der Waals surface area (Å²) in [6.45, 7) is 3.92. The van der Waals surface area contributed by atoms with Gasteiger partial charge in [0.15, 0.2) is 0 Å². The van der Waals surface area contributed by atoms with Gasteiger partial charge in [-0.2, -0.15) is 0 Å². The lowest BCUT2D eigenvalue weighted by molar-refractivity contribution is -0.143. The quantitative estimate of drug-likeness (QED) is 0.614. The van der Waals surface area contributed by atoms with Gasteiger partial charge in [-0.1, -0.05) is 25.1 Å². The number of aryl methyl sites for hydroxylation is 1. The molecule has 1 spiro atoms. The Balaban J connectivity index is 1.87. The average molecular weight is 387 g/mol. The number of anilines is 1. The molecule has 0 saturated carbocycles. The van der Waals surface area contributed by atoms with E-state index in [0.29, 0.717) is 11.3 Å². The Labute approximate surface area is 163 Å². The third kappa shape index (κ3) is 2.31. The molecule has 0 bridgehead atoms. The number of para-hydroxylation sites is 1. The minimum absolute atomic E-state index is 0.132. The molecule has 3 heterocycles. The van der Waals surface area contributed by atoms with Crippen LogP contribution in [0.25, 0.3) is 0 Å². The summed E-state index contributed by atoms with van der Waals surface area (Å²) in [7, 11) is 1.50. The van der Waals surface area contributed by atoms with E-state index >= 15 is 0 Å². The Bertz CT molecular complexity index is 854. The lowest BCUT2D eigenvalue weighted by Gasteiger charge is -2.30. The van der Waals surface area contributed by atoms with Gasteiger partial charge in [0.25, 0.3) is 0 Å². The number of hydrogen-bond acceptors (Lipinski definition) is 6. The van der Waals surface area contributed by atoms with Gasteiger partial charge in [0.05, 0.1) is 31.1 Å². The van der Waals surface area contributed by atoms with Crippen LogP contribution in [0.3, 0.4) is 0 Å². The molecule has 4 rings (SSSR count). The van der Waals surface area contributed by atoms with Gasteiger partial charge in [-0.25, -0.2) is 0 Å². The van der Waals surface area contributed by atoms with E-state index in [9.17, 15) is 19.5 Å². The summed E-state index contributed by atoms with van der Waals surface area (Å²) in [6, 6.07) is 4.91. The number of nitrogens with one attached hydrogen (secondary N) is 2. The van der Waals surface area contributed by atoms with Crippen LogP contribution in [0, 0.1) is 11.8 Å². The first-order chi connectivity index (χ1) is 13.4. The minimum atomic E-state index is -1.36. The van der Waals surface area contributed by atoms with Crippen LogP contribution >= 0.6 is 0 Å². The summed E-state index contributed by atoms with van der Waals surface area (Å²) in [6.07, 6.45) is -0.183. The molecule has 28 heavy (non-hydrogen) atoms. The topological polar surface area (TPSA) is 108 Å². The van der Waals surface area contributed by atoms with Crippen LogP contribution in [0.4, 0.5) is 5.69 Å². The van der Waals surface area contributed by atoms with Crippen LogP contribution in [0.5, 0.6) is 0 Å². The van der Waals surface area contributed by atoms with E-state index in [-0.39, 0.29) is 25.0 Å². The molecule has 8 heteroatoms. The molecule has 1 aromatic carbocycles. The van der Waals surface area contributed by atoms with Crippen molar-refractivity contribution in [1.82, 2.24) is 10.2 Å². The highest BCUT2D eigenvalue weighted by atomic mass is 16.5. The Morgan fingerprint density at radius 2 is 2.04 bits per heavy atom. The number of nitrogens with zero attached hydrogens (tertiary/aromatic N) is 1. The number of carbonyl (C=O) groups excluding carboxylic acids is 3. The Morgan fingerprint density at radius 3 is 2.68 bits per heavy atom. The van der Waals surface area contributed by atoms with E-state index in [4.69, 9.17) is 4.74 Å². The molecular formula is C20H25N3O5. The molecule has 3 N–H and O–H groups in total. The SMILES string of the molecule is CCc1cccc2c1NC(=O)[C@@]21N[C@@H]([C@@H](C)O)[C@H]2C(=O)N(CCOC)C(=O)[C@H]21. The normalized spacial score (nSPS) is 32.1. The molecule has 1 aromatic rings. The summed E-state index contributed by atoms with van der Waals surface area (Å²) in [4.78, 5) is 40.8. The average Bonchev–Trinajstić information content (AvgIpc) is 3.26. The molecule has 0 aromatic heterocycles. The zero-order valence-electron chi connectivity index (χ0n) is 16.2. The van der Waals surface area contributed by atoms with E-state index in [1.165, 1.54) is 12.0 Å². The molecule has 150 valence electrons. The lowest BCUT2D eigenvalue weighted by Crippen LogP contribution is -2.55. The third-order valence-electron chi connectivity index (χ3n) is 6.28. The van der Waals surface area contributed by atoms with Crippen LogP contribution in [0.2, 0.25) is 0 Å². The number of methoxy groups -OCH3 is 1. The second kappa shape index (κ2) is 6.65. The highest BCUT2D eigenvalue weighted by molar-refractivity contribution is 6.15. The van der Waals surface area contributed by atoms with Gasteiger partial charge in [-0.05, 0) is 18.9 Å². The van der Waals surface area contributed by atoms with Crippen molar-refractivity contribution in [2.24, 2.45) is 11.8 Å². The van der Waals surface area contributed by atoms with Gasteiger partial charge in [-0.3, -0.25) is 24.6 Å². The highest BCUT2D eigenvalue weighted by Gasteiger charge is 2.71. The Hall–Kier alpha value is -2.29. The van der Waals surface area contributed by atoms with Gasteiger partial charge < -0.3 is 15.2 Å². The first-order valence-electron chi connectivity index (χ1n) is 9.62. The first-order valence-corrected chi connectivity index (χ1v) is 9.62. The standard InChI is InChI=1S/C20H25N3O5/c1-4-11-6-5-7-12-16(11)21-19(27)20(12)14-13(15(22-20)10(2)24)17(25)23(18(14)26)8-9-28-3/h5-7,10,13-15,22,24H,4,8-9H2,1-3H3,(H,21,27)/t10-,13+,14+,15+,20-/m1/s1. The fraction of sp³-hybridized carbons (Fsp3) is 0.550. The predicted molar refractivity (Wildman–Crippen MR) is 100 cm³/mol. The number of rotatable bonds is 5. The number of imide groups is 1. The van der Waals surface area contributed by atoms with E-state index < -0.39 is 35.4 Å². The van der Waals surface area contributed by atoms with Crippen molar-refractivity contribution in [2.75, 3.05) is 25.6 Å². The number of fused-ring (bicyclic) bond motifs is 4. The zero-order chi connectivity index (χ0) is 20.2. The number of carbonyl (C=O) groups is 3. The van der Waals surface area contributed by atoms with Gasteiger partial charge in [-0.15, -0.1) is 0 Å². The maximum Gasteiger partial charge on any atom is 0.250 e. The van der Waals surface area contributed by atoms with Crippen molar-refractivity contribution in [1.29, 1.82) is 0 Å². The largest absolute Gasteiger partial charge is 0.392 e. The summed E-state index contributed by atoms with van der Waals surface area (Å²) in [5.74, 6) is -2.81. The van der Waals surface area contributed by atoms with Crippen molar-refractivity contribution in [2.45, 2.75) is 38.0 Å². The second-order valence-electron chi connectivity index (χ2n) is 7.69. The highest BCUT2D eigenvalue weighted by Crippen LogP contribution is 2.53. The third-order valence-corrected chi connectivity index (χ3v) is 6.28. The molecule has 0 aliphatic carbocycles. The molecule has 3 aliphatic rings. The number of aliphatic hydroxyl groups excluding tert-OH is 1. The molecule has 2 fully saturated rings. The van der Waals surface area contributed by atoms with Crippen LogP contribution in [-0.2, 0) is 31.1 Å². The first kappa shape index (κ1) is 19.0. The number of likely N-dealkylation sites (tertiary alicyclic amines) is 1.